The SMILES string of the molecule is Cc1cc(S(=O)(=O)N2CCNC[C@@H]2C)ccc1F. The van der Waals surface area contributed by atoms with Gasteiger partial charge in [0.25, 0.3) is 0 Å². The van der Waals surface area contributed by atoms with Crippen molar-refractivity contribution in [2.24, 2.45) is 0 Å². The van der Waals surface area contributed by atoms with Gasteiger partial charge in [0.2, 0.25) is 10.0 Å². The summed E-state index contributed by atoms with van der Waals surface area (Å²) in [6, 6.07) is 3.83. The summed E-state index contributed by atoms with van der Waals surface area (Å²) in [4.78, 5) is 0.162. The van der Waals surface area contributed by atoms with Crippen LogP contribution >= 0.6 is 0 Å². The number of nitrogens with zero attached hydrogens (tertiary/aromatic N) is 1. The van der Waals surface area contributed by atoms with E-state index in [0.717, 1.165) is 0 Å². The Hall–Kier alpha value is -0.980. The number of benzene rings is 1. The third kappa shape index (κ3) is 2.41. The third-order valence-corrected chi connectivity index (χ3v) is 5.19. The number of sulfonamides is 1. The molecule has 0 bridgehead atoms. The molecule has 0 radical (unpaired) electrons. The quantitative estimate of drug-likeness (QED) is 0.877. The average molecular weight is 272 g/mol. The maximum Gasteiger partial charge on any atom is 0.243 e. The summed E-state index contributed by atoms with van der Waals surface area (Å²) in [6.45, 7) is 5.15. The van der Waals surface area contributed by atoms with Crippen molar-refractivity contribution in [3.05, 3.63) is 29.6 Å². The Morgan fingerprint density at radius 2 is 2.17 bits per heavy atom. The molecule has 18 heavy (non-hydrogen) atoms. The molecular weight excluding hydrogens is 255 g/mol. The molecular formula is C12H17FN2O2S. The van der Waals surface area contributed by atoms with Crippen molar-refractivity contribution < 1.29 is 12.8 Å². The molecule has 0 saturated carbocycles. The van der Waals surface area contributed by atoms with E-state index in [4.69, 9.17) is 0 Å². The predicted molar refractivity (Wildman–Crippen MR) is 67.4 cm³/mol. The van der Waals surface area contributed by atoms with Gasteiger partial charge in [-0.2, -0.15) is 4.31 Å². The normalized spacial score (nSPS) is 22.1. The predicted octanol–water partition coefficient (Wildman–Crippen LogP) is 1.12. The van der Waals surface area contributed by atoms with Crippen molar-refractivity contribution in [2.45, 2.75) is 24.8 Å². The first kappa shape index (κ1) is 13.5. The highest BCUT2D eigenvalue weighted by atomic mass is 32.2. The molecule has 0 amide bonds. The number of hydrogen-bond acceptors (Lipinski definition) is 3. The first-order valence-electron chi connectivity index (χ1n) is 5.91. The summed E-state index contributed by atoms with van der Waals surface area (Å²) in [6.07, 6.45) is 0. The minimum atomic E-state index is -3.52. The van der Waals surface area contributed by atoms with Gasteiger partial charge in [-0.3, -0.25) is 0 Å². The standard InChI is InChI=1S/C12H17FN2O2S/c1-9-7-11(3-4-12(9)13)18(16,17)15-6-5-14-8-10(15)2/h3-4,7,10,14H,5-6,8H2,1-2H3/t10-/m0/s1. The molecule has 0 spiro atoms. The second-order valence-electron chi connectivity index (χ2n) is 4.58. The van der Waals surface area contributed by atoms with Crippen molar-refractivity contribution in [3.63, 3.8) is 0 Å². The van der Waals surface area contributed by atoms with Gasteiger partial charge in [-0.05, 0) is 37.6 Å². The molecule has 0 aromatic heterocycles. The molecule has 4 nitrogen and oxygen atoms in total. The van der Waals surface area contributed by atoms with E-state index in [0.29, 0.717) is 25.2 Å². The maximum absolute atomic E-state index is 13.2. The average Bonchev–Trinajstić information content (AvgIpc) is 2.33. The van der Waals surface area contributed by atoms with Gasteiger partial charge >= 0.3 is 0 Å². The van der Waals surface area contributed by atoms with Crippen LogP contribution in [0, 0.1) is 12.7 Å². The van der Waals surface area contributed by atoms with Crippen molar-refractivity contribution in [1.29, 1.82) is 0 Å². The van der Waals surface area contributed by atoms with Gasteiger partial charge < -0.3 is 5.32 Å². The van der Waals surface area contributed by atoms with Crippen LogP contribution in [0.2, 0.25) is 0 Å². The second kappa shape index (κ2) is 4.95. The molecule has 1 aromatic rings. The Morgan fingerprint density at radius 3 is 2.78 bits per heavy atom. The lowest BCUT2D eigenvalue weighted by atomic mass is 10.2. The van der Waals surface area contributed by atoms with Gasteiger partial charge in [-0.1, -0.05) is 0 Å². The topological polar surface area (TPSA) is 49.4 Å². The summed E-state index contributed by atoms with van der Waals surface area (Å²) in [7, 11) is -3.52. The first-order chi connectivity index (χ1) is 8.43. The molecule has 6 heteroatoms. The maximum atomic E-state index is 13.2. The molecule has 1 heterocycles. The lowest BCUT2D eigenvalue weighted by Gasteiger charge is -2.32. The summed E-state index contributed by atoms with van der Waals surface area (Å²) in [5.41, 5.74) is 0.346. The number of aryl methyl sites for hydroxylation is 1. The van der Waals surface area contributed by atoms with Crippen LogP contribution in [-0.4, -0.2) is 38.4 Å². The Bertz CT molecular complexity index is 545. The highest BCUT2D eigenvalue weighted by Gasteiger charge is 2.30. The molecule has 1 fully saturated rings. The largest absolute Gasteiger partial charge is 0.314 e. The van der Waals surface area contributed by atoms with Crippen LogP contribution in [0.5, 0.6) is 0 Å². The summed E-state index contributed by atoms with van der Waals surface area (Å²) < 4.78 is 39.5. The van der Waals surface area contributed by atoms with E-state index in [9.17, 15) is 12.8 Å². The van der Waals surface area contributed by atoms with Crippen molar-refractivity contribution >= 4 is 10.0 Å². The van der Waals surface area contributed by atoms with Gasteiger partial charge in [0.05, 0.1) is 4.90 Å². The number of rotatable bonds is 2. The van der Waals surface area contributed by atoms with Crippen LogP contribution in [0.4, 0.5) is 4.39 Å². The Labute approximate surface area is 107 Å². The smallest absolute Gasteiger partial charge is 0.243 e. The minimum Gasteiger partial charge on any atom is -0.314 e. The van der Waals surface area contributed by atoms with Crippen molar-refractivity contribution in [2.75, 3.05) is 19.6 Å². The van der Waals surface area contributed by atoms with Crippen molar-refractivity contribution in [1.82, 2.24) is 9.62 Å². The van der Waals surface area contributed by atoms with E-state index in [-0.39, 0.29) is 16.8 Å². The van der Waals surface area contributed by atoms with E-state index in [1.165, 1.54) is 22.5 Å². The molecule has 1 N–H and O–H groups in total. The zero-order valence-corrected chi connectivity index (χ0v) is 11.3. The number of halogens is 1. The molecule has 100 valence electrons. The number of hydrogen-bond donors (Lipinski definition) is 1. The Kier molecular flexibility index (Phi) is 3.70. The fourth-order valence-electron chi connectivity index (χ4n) is 2.09. The molecule has 0 unspecified atom stereocenters. The second-order valence-corrected chi connectivity index (χ2v) is 6.47. The molecule has 1 aliphatic heterocycles. The van der Waals surface area contributed by atoms with Crippen LogP contribution in [0.25, 0.3) is 0 Å². The van der Waals surface area contributed by atoms with Crippen LogP contribution in [0.15, 0.2) is 23.1 Å². The molecule has 1 saturated heterocycles. The van der Waals surface area contributed by atoms with Gasteiger partial charge in [0.1, 0.15) is 5.82 Å². The highest BCUT2D eigenvalue weighted by molar-refractivity contribution is 7.89. The Morgan fingerprint density at radius 1 is 1.44 bits per heavy atom. The third-order valence-electron chi connectivity index (χ3n) is 3.18. The lowest BCUT2D eigenvalue weighted by Crippen LogP contribution is -2.52. The van der Waals surface area contributed by atoms with Crippen LogP contribution in [0.1, 0.15) is 12.5 Å². The van der Waals surface area contributed by atoms with Gasteiger partial charge in [0, 0.05) is 25.7 Å². The first-order valence-corrected chi connectivity index (χ1v) is 7.35. The highest BCUT2D eigenvalue weighted by Crippen LogP contribution is 2.21. The molecule has 0 aliphatic carbocycles. The van der Waals surface area contributed by atoms with Crippen LogP contribution in [0.3, 0.4) is 0 Å². The van der Waals surface area contributed by atoms with Crippen LogP contribution < -0.4 is 5.32 Å². The fourth-order valence-corrected chi connectivity index (χ4v) is 3.81. The monoisotopic (exact) mass is 272 g/mol. The number of piperazine rings is 1. The molecule has 1 aromatic carbocycles. The van der Waals surface area contributed by atoms with Gasteiger partial charge in [0.15, 0.2) is 0 Å². The molecule has 1 aliphatic rings. The zero-order valence-electron chi connectivity index (χ0n) is 10.5. The van der Waals surface area contributed by atoms with E-state index in [1.807, 2.05) is 6.92 Å². The Balaban J connectivity index is 2.37. The van der Waals surface area contributed by atoms with Gasteiger partial charge in [-0.15, -0.1) is 0 Å². The number of nitrogens with one attached hydrogen (secondary N) is 1. The van der Waals surface area contributed by atoms with Gasteiger partial charge in [-0.25, -0.2) is 12.8 Å². The molecule has 2 rings (SSSR count). The summed E-state index contributed by atoms with van der Waals surface area (Å²) >= 11 is 0. The summed E-state index contributed by atoms with van der Waals surface area (Å²) in [5.74, 6) is -0.387. The van der Waals surface area contributed by atoms with Crippen molar-refractivity contribution in [3.8, 4) is 0 Å². The fraction of sp³-hybridized carbons (Fsp3) is 0.500. The van der Waals surface area contributed by atoms with E-state index < -0.39 is 10.0 Å². The van der Waals surface area contributed by atoms with E-state index in [2.05, 4.69) is 5.32 Å². The summed E-state index contributed by atoms with van der Waals surface area (Å²) in [5, 5.41) is 3.14. The zero-order chi connectivity index (χ0) is 13.3. The molecule has 1 atom stereocenters. The van der Waals surface area contributed by atoms with Crippen LogP contribution in [-0.2, 0) is 10.0 Å². The van der Waals surface area contributed by atoms with E-state index >= 15 is 0 Å². The minimum absolute atomic E-state index is 0.0888. The van der Waals surface area contributed by atoms with E-state index in [1.54, 1.807) is 6.92 Å². The lowest BCUT2D eigenvalue weighted by molar-refractivity contribution is 0.284.